The first-order chi connectivity index (χ1) is 13.5. The van der Waals surface area contributed by atoms with Crippen molar-refractivity contribution in [1.29, 1.82) is 0 Å². The Morgan fingerprint density at radius 3 is 2.57 bits per heavy atom. The predicted octanol–water partition coefficient (Wildman–Crippen LogP) is 4.17. The second-order valence-corrected chi connectivity index (χ2v) is 8.85. The molecule has 5 aliphatic heterocycles. The number of halogens is 4. The number of nitrogens with zero attached hydrogens (tertiary/aromatic N) is 7. The number of guanidine groups is 2. The van der Waals surface area contributed by atoms with Gasteiger partial charge >= 0.3 is 0 Å². The van der Waals surface area contributed by atoms with Crippen molar-refractivity contribution in [3.63, 3.8) is 0 Å². The summed E-state index contributed by atoms with van der Waals surface area (Å²) in [7, 11) is 0. The molecule has 8 bridgehead atoms. The Labute approximate surface area is 192 Å². The molecule has 8 nitrogen and oxygen atoms in total. The Kier molecular flexibility index (Phi) is 4.53. The van der Waals surface area contributed by atoms with Gasteiger partial charge in [-0.3, -0.25) is 5.43 Å². The molecule has 0 amide bonds. The Hall–Kier alpha value is -1.76. The smallest absolute Gasteiger partial charge is 0.258 e. The highest BCUT2D eigenvalue weighted by Gasteiger charge is 2.27. The standard InChI is InChI=1S/C16H6Br4N8/c17-9-4-8-3-6-1-2-7(21-6)5-10-26-27-16(28(10)20)25-15-23-13(14(19)24-15)11(18)12(9)22-8/h1-5,26H. The van der Waals surface area contributed by atoms with Gasteiger partial charge in [0.15, 0.2) is 0 Å². The van der Waals surface area contributed by atoms with Crippen LogP contribution in [-0.2, 0) is 0 Å². The summed E-state index contributed by atoms with van der Waals surface area (Å²) in [6.45, 7) is 0. The van der Waals surface area contributed by atoms with E-state index in [4.69, 9.17) is 0 Å². The van der Waals surface area contributed by atoms with E-state index in [9.17, 15) is 0 Å². The molecule has 5 rings (SSSR count). The quantitative estimate of drug-likeness (QED) is 0.408. The van der Waals surface area contributed by atoms with Crippen molar-refractivity contribution in [3.8, 4) is 0 Å². The first-order valence-electron chi connectivity index (χ1n) is 7.76. The molecule has 1 N–H and O–H groups in total. The molecule has 12 heteroatoms. The SMILES string of the molecule is BrC1=CC2=NC1=C(Br)C1=NC(=NC3=NNC(=CC4=NC(=C2)C=C4)N3Br)N=C1Br. The minimum atomic E-state index is 0.264. The summed E-state index contributed by atoms with van der Waals surface area (Å²) in [5.74, 6) is 1.30. The third kappa shape index (κ3) is 3.17. The molecule has 0 aliphatic carbocycles. The van der Waals surface area contributed by atoms with Gasteiger partial charge in [0, 0.05) is 10.6 Å². The van der Waals surface area contributed by atoms with Gasteiger partial charge in [-0.25, -0.2) is 23.9 Å². The van der Waals surface area contributed by atoms with Crippen LogP contribution in [-0.4, -0.2) is 37.6 Å². The second kappa shape index (κ2) is 6.94. The van der Waals surface area contributed by atoms with Crippen molar-refractivity contribution in [1.82, 2.24) is 9.35 Å². The zero-order chi connectivity index (χ0) is 19.4. The number of nitrogens with one attached hydrogen (secondary N) is 1. The normalized spacial score (nSPS) is 22.7. The van der Waals surface area contributed by atoms with Gasteiger partial charge < -0.3 is 0 Å². The highest BCUT2D eigenvalue weighted by atomic mass is 79.9. The number of aliphatic imine (C=N–C) groups is 5. The largest absolute Gasteiger partial charge is 0.262 e. The van der Waals surface area contributed by atoms with Crippen molar-refractivity contribution in [3.05, 3.63) is 56.6 Å². The van der Waals surface area contributed by atoms with Gasteiger partial charge in [0.2, 0.25) is 0 Å². The lowest BCUT2D eigenvalue weighted by Crippen LogP contribution is -2.17. The lowest BCUT2D eigenvalue weighted by atomic mass is 10.3. The molecule has 0 radical (unpaired) electrons. The molecule has 0 unspecified atom stereocenters. The predicted molar refractivity (Wildman–Crippen MR) is 126 cm³/mol. The van der Waals surface area contributed by atoms with Gasteiger partial charge in [0.1, 0.15) is 16.2 Å². The fourth-order valence-electron chi connectivity index (χ4n) is 2.65. The Bertz CT molecular complexity index is 1170. The van der Waals surface area contributed by atoms with Gasteiger partial charge in [-0.05, 0) is 72.1 Å². The first-order valence-corrected chi connectivity index (χ1v) is 10.8. The molecule has 0 aromatic heterocycles. The number of hydrogen-bond donors (Lipinski definition) is 1. The molecule has 0 saturated heterocycles. The van der Waals surface area contributed by atoms with Gasteiger partial charge in [-0.1, -0.05) is 0 Å². The molecule has 0 atom stereocenters. The number of rotatable bonds is 0. The molecule has 5 heterocycles. The third-order valence-electron chi connectivity index (χ3n) is 3.88. The maximum Gasteiger partial charge on any atom is 0.262 e. The molecule has 0 aromatic rings. The molecule has 0 fully saturated rings. The lowest BCUT2D eigenvalue weighted by molar-refractivity contribution is 0.791. The summed E-state index contributed by atoms with van der Waals surface area (Å²) in [5, 5.41) is 4.20. The molecule has 5 aliphatic rings. The van der Waals surface area contributed by atoms with E-state index in [1.807, 2.05) is 30.4 Å². The molecule has 0 aromatic carbocycles. The van der Waals surface area contributed by atoms with E-state index >= 15 is 0 Å². The highest BCUT2D eigenvalue weighted by Crippen LogP contribution is 2.33. The van der Waals surface area contributed by atoms with E-state index in [0.29, 0.717) is 32.3 Å². The zero-order valence-electron chi connectivity index (χ0n) is 13.5. The van der Waals surface area contributed by atoms with E-state index < -0.39 is 0 Å². The average molecular weight is 630 g/mol. The van der Waals surface area contributed by atoms with E-state index in [-0.39, 0.29) is 5.96 Å². The Morgan fingerprint density at radius 1 is 0.857 bits per heavy atom. The van der Waals surface area contributed by atoms with Crippen LogP contribution in [0.1, 0.15) is 0 Å². The molecule has 0 saturated carbocycles. The summed E-state index contributed by atoms with van der Waals surface area (Å²) in [4.78, 5) is 22.5. The Morgan fingerprint density at radius 2 is 1.71 bits per heavy atom. The molecular weight excluding hydrogens is 624 g/mol. The second-order valence-electron chi connectivity index (χ2n) is 5.74. The number of allylic oxidation sites excluding steroid dienone is 7. The monoisotopic (exact) mass is 626 g/mol. The van der Waals surface area contributed by atoms with Crippen LogP contribution in [0, 0.1) is 0 Å². The summed E-state index contributed by atoms with van der Waals surface area (Å²) in [5.41, 5.74) is 6.56. The molecular formula is C16H6Br4N8. The van der Waals surface area contributed by atoms with Gasteiger partial charge in [0.05, 0.1) is 43.4 Å². The fraction of sp³-hybridized carbons (Fsp3) is 0. The van der Waals surface area contributed by atoms with Gasteiger partial charge in [-0.2, -0.15) is 4.99 Å². The minimum Gasteiger partial charge on any atom is -0.258 e. The van der Waals surface area contributed by atoms with Crippen molar-refractivity contribution in [2.45, 2.75) is 0 Å². The van der Waals surface area contributed by atoms with E-state index in [1.165, 1.54) is 0 Å². The van der Waals surface area contributed by atoms with Crippen LogP contribution in [0.2, 0.25) is 0 Å². The number of hydrogen-bond acceptors (Lipinski definition) is 8. The molecule has 0 spiro atoms. The summed E-state index contributed by atoms with van der Waals surface area (Å²) in [6.07, 6.45) is 9.52. The van der Waals surface area contributed by atoms with Gasteiger partial charge in [-0.15, -0.1) is 5.10 Å². The lowest BCUT2D eigenvalue weighted by Gasteiger charge is -2.08. The average Bonchev–Trinajstić information content (AvgIpc) is 3.40. The summed E-state index contributed by atoms with van der Waals surface area (Å²) >= 11 is 14.0. The van der Waals surface area contributed by atoms with Crippen LogP contribution in [0.15, 0.2) is 86.6 Å². The van der Waals surface area contributed by atoms with Gasteiger partial charge in [0.25, 0.3) is 11.9 Å². The topological polar surface area (TPSA) is 89.4 Å². The van der Waals surface area contributed by atoms with E-state index in [0.717, 1.165) is 21.6 Å². The van der Waals surface area contributed by atoms with Crippen molar-refractivity contribution < 1.29 is 0 Å². The van der Waals surface area contributed by atoms with E-state index in [1.54, 1.807) is 3.93 Å². The van der Waals surface area contributed by atoms with Crippen molar-refractivity contribution in [2.24, 2.45) is 30.1 Å². The van der Waals surface area contributed by atoms with Crippen LogP contribution in [0.5, 0.6) is 0 Å². The van der Waals surface area contributed by atoms with Crippen LogP contribution in [0.25, 0.3) is 0 Å². The zero-order valence-corrected chi connectivity index (χ0v) is 19.9. The van der Waals surface area contributed by atoms with E-state index in [2.05, 4.69) is 99.4 Å². The first kappa shape index (κ1) is 18.3. The van der Waals surface area contributed by atoms with Crippen LogP contribution in [0.3, 0.4) is 0 Å². The maximum absolute atomic E-state index is 4.67. The number of fused-ring (bicyclic) bond motifs is 5. The third-order valence-corrected chi connectivity index (χ3v) is 6.49. The Balaban J connectivity index is 1.70. The van der Waals surface area contributed by atoms with Crippen molar-refractivity contribution in [2.75, 3.05) is 0 Å². The number of hydrazone groups is 1. The summed E-state index contributed by atoms with van der Waals surface area (Å²) in [6, 6.07) is 0. The minimum absolute atomic E-state index is 0.264. The molecule has 138 valence electrons. The fourth-order valence-corrected chi connectivity index (χ4v) is 5.07. The summed E-state index contributed by atoms with van der Waals surface area (Å²) < 4.78 is 3.69. The molecule has 28 heavy (non-hydrogen) atoms. The van der Waals surface area contributed by atoms with Crippen LogP contribution >= 0.6 is 63.9 Å². The van der Waals surface area contributed by atoms with Crippen LogP contribution in [0.4, 0.5) is 0 Å². The highest BCUT2D eigenvalue weighted by molar-refractivity contribution is 9.19. The maximum atomic E-state index is 4.67. The van der Waals surface area contributed by atoms with Crippen LogP contribution < -0.4 is 5.43 Å². The van der Waals surface area contributed by atoms with Crippen molar-refractivity contribution >= 4 is 97.6 Å².